The second-order valence-corrected chi connectivity index (χ2v) is 8.19. The number of aliphatic hydroxyl groups is 1. The molecule has 134 valence electrons. The predicted octanol–water partition coefficient (Wildman–Crippen LogP) is 1.36. The second kappa shape index (κ2) is 4.38. The fourth-order valence-electron chi connectivity index (χ4n) is 5.97. The molecule has 4 heterocycles. The van der Waals surface area contributed by atoms with Gasteiger partial charge in [0, 0.05) is 18.6 Å². The van der Waals surface area contributed by atoms with Crippen LogP contribution in [0, 0.1) is 11.8 Å². The number of ether oxygens (including phenoxy) is 1. The molecule has 2 aliphatic carbocycles. The third-order valence-corrected chi connectivity index (χ3v) is 7.15. The molecule has 1 saturated carbocycles. The first kappa shape index (κ1) is 14.9. The normalized spacial score (nSPS) is 42.3. The van der Waals surface area contributed by atoms with E-state index in [1.807, 2.05) is 36.4 Å². The molecule has 2 bridgehead atoms. The van der Waals surface area contributed by atoms with Gasteiger partial charge in [-0.3, -0.25) is 14.5 Å². The highest BCUT2D eigenvalue weighted by atomic mass is 16.5. The first-order chi connectivity index (χ1) is 12.5. The van der Waals surface area contributed by atoms with Gasteiger partial charge >= 0.3 is 11.8 Å². The number of benzene rings is 1. The number of hydrogen-bond donors (Lipinski definition) is 1. The molecule has 0 radical (unpaired) electrons. The van der Waals surface area contributed by atoms with Crippen LogP contribution in [-0.2, 0) is 14.3 Å². The van der Waals surface area contributed by atoms with E-state index in [9.17, 15) is 14.7 Å². The van der Waals surface area contributed by atoms with E-state index in [0.29, 0.717) is 23.6 Å². The Balaban J connectivity index is 1.67. The molecule has 1 spiro atoms. The summed E-state index contributed by atoms with van der Waals surface area (Å²) in [6, 6.07) is 7.22. The van der Waals surface area contributed by atoms with Crippen molar-refractivity contribution in [3.05, 3.63) is 42.0 Å². The van der Waals surface area contributed by atoms with Gasteiger partial charge in [0.2, 0.25) is 0 Å². The number of rotatable bonds is 2. The monoisotopic (exact) mass is 352 g/mol. The van der Waals surface area contributed by atoms with Crippen LogP contribution in [-0.4, -0.2) is 46.2 Å². The maximum Gasteiger partial charge on any atom is 0.318 e. The van der Waals surface area contributed by atoms with Crippen LogP contribution in [0.1, 0.15) is 30.9 Å². The van der Waals surface area contributed by atoms with E-state index in [4.69, 9.17) is 4.74 Å². The molecule has 1 unspecified atom stereocenters. The van der Waals surface area contributed by atoms with Crippen molar-refractivity contribution in [3.63, 3.8) is 0 Å². The minimum Gasteiger partial charge on any atom is -0.388 e. The average Bonchev–Trinajstić information content (AvgIpc) is 3.48. The van der Waals surface area contributed by atoms with E-state index in [1.165, 1.54) is 0 Å². The largest absolute Gasteiger partial charge is 0.388 e. The van der Waals surface area contributed by atoms with Crippen molar-refractivity contribution in [1.29, 1.82) is 0 Å². The smallest absolute Gasteiger partial charge is 0.318 e. The Morgan fingerprint density at radius 2 is 1.92 bits per heavy atom. The highest BCUT2D eigenvalue weighted by Crippen LogP contribution is 2.64. The summed E-state index contributed by atoms with van der Waals surface area (Å²) in [5, 5.41) is 11.2. The molecule has 6 heteroatoms. The lowest BCUT2D eigenvalue weighted by Crippen LogP contribution is -2.76. The molecule has 0 aromatic heterocycles. The zero-order valence-electron chi connectivity index (χ0n) is 14.5. The summed E-state index contributed by atoms with van der Waals surface area (Å²) in [4.78, 5) is 29.6. The number of carbonyl (C=O) groups excluding carboxylic acids is 2. The fraction of sp³-hybridized carbons (Fsp3) is 0.500. The number of anilines is 1. The molecule has 1 aromatic carbocycles. The standard InChI is InChI=1S/C20H20N2O4/c1-26-19-8-9-20-13(10-19)15(23)12-4-2-3-5-14(12)21(20)17(24)18(25)22(20)16(19)11-6-7-11/h2-5,8-9,11,13,15-16,23H,6-7,10H2,1H3/t13-,15+,16+,19+,20?/m0/s1. The fourth-order valence-corrected chi connectivity index (χ4v) is 5.97. The Bertz CT molecular complexity index is 894. The van der Waals surface area contributed by atoms with Crippen molar-refractivity contribution in [2.45, 2.75) is 42.7 Å². The molecule has 1 aromatic rings. The maximum atomic E-state index is 13.1. The molecule has 2 saturated heterocycles. The molecule has 2 amide bonds. The number of amides is 2. The highest BCUT2D eigenvalue weighted by molar-refractivity contribution is 6.44. The molecule has 5 atom stereocenters. The summed E-state index contributed by atoms with van der Waals surface area (Å²) in [6.45, 7) is 0. The number of fused-ring (bicyclic) bond motifs is 2. The number of carbonyl (C=O) groups is 2. The van der Waals surface area contributed by atoms with E-state index in [0.717, 1.165) is 12.8 Å². The number of nitrogens with zero attached hydrogens (tertiary/aromatic N) is 2. The quantitative estimate of drug-likeness (QED) is 0.645. The number of aliphatic hydroxyl groups excluding tert-OH is 1. The number of methoxy groups -OCH3 is 1. The molecule has 26 heavy (non-hydrogen) atoms. The van der Waals surface area contributed by atoms with Gasteiger partial charge in [0.15, 0.2) is 0 Å². The Morgan fingerprint density at radius 1 is 1.15 bits per heavy atom. The Labute approximate surface area is 151 Å². The van der Waals surface area contributed by atoms with Gasteiger partial charge in [0.1, 0.15) is 11.3 Å². The second-order valence-electron chi connectivity index (χ2n) is 8.19. The van der Waals surface area contributed by atoms with Crippen molar-refractivity contribution >= 4 is 17.5 Å². The van der Waals surface area contributed by atoms with Crippen LogP contribution in [0.5, 0.6) is 0 Å². The van der Waals surface area contributed by atoms with Crippen molar-refractivity contribution in [1.82, 2.24) is 4.90 Å². The van der Waals surface area contributed by atoms with Gasteiger partial charge < -0.3 is 14.7 Å². The van der Waals surface area contributed by atoms with Crippen LogP contribution in [0.15, 0.2) is 36.4 Å². The number of piperidine rings is 1. The summed E-state index contributed by atoms with van der Waals surface area (Å²) in [7, 11) is 1.67. The van der Waals surface area contributed by atoms with Crippen LogP contribution in [0.25, 0.3) is 0 Å². The summed E-state index contributed by atoms with van der Waals surface area (Å²) in [5.41, 5.74) is -0.188. The van der Waals surface area contributed by atoms with E-state index in [1.54, 1.807) is 16.9 Å². The van der Waals surface area contributed by atoms with Crippen LogP contribution in [0.4, 0.5) is 5.69 Å². The first-order valence-corrected chi connectivity index (χ1v) is 9.25. The third-order valence-electron chi connectivity index (χ3n) is 7.15. The molecule has 3 fully saturated rings. The van der Waals surface area contributed by atoms with Crippen molar-refractivity contribution in [3.8, 4) is 0 Å². The molecular formula is C20H20N2O4. The first-order valence-electron chi connectivity index (χ1n) is 9.25. The number of hydrogen-bond acceptors (Lipinski definition) is 4. The zero-order chi connectivity index (χ0) is 17.8. The third kappa shape index (κ3) is 1.38. The lowest BCUT2D eigenvalue weighted by molar-refractivity contribution is -0.181. The van der Waals surface area contributed by atoms with E-state index >= 15 is 0 Å². The summed E-state index contributed by atoms with van der Waals surface area (Å²) >= 11 is 0. The topological polar surface area (TPSA) is 70.1 Å². The van der Waals surface area contributed by atoms with E-state index < -0.39 is 29.2 Å². The van der Waals surface area contributed by atoms with Crippen LogP contribution in [0.2, 0.25) is 0 Å². The van der Waals surface area contributed by atoms with Crippen LogP contribution < -0.4 is 4.90 Å². The van der Waals surface area contributed by atoms with Crippen molar-refractivity contribution < 1.29 is 19.4 Å². The molecule has 1 N–H and O–H groups in total. The van der Waals surface area contributed by atoms with E-state index in [-0.39, 0.29) is 12.0 Å². The molecule has 7 rings (SSSR count). The van der Waals surface area contributed by atoms with Crippen molar-refractivity contribution in [2.24, 2.45) is 11.8 Å². The minimum absolute atomic E-state index is 0.146. The molecule has 6 aliphatic rings. The lowest BCUT2D eigenvalue weighted by Gasteiger charge is -2.64. The van der Waals surface area contributed by atoms with E-state index in [2.05, 4.69) is 0 Å². The SMILES string of the molecule is CO[C@]12C=CC34[C@@H](C1)[C@H](O)c1ccccc1N3C(=O)C(=O)N4[C@@H]2C1CC1. The summed E-state index contributed by atoms with van der Waals surface area (Å²) in [5.74, 6) is -0.920. The van der Waals surface area contributed by atoms with Gasteiger partial charge in [-0.15, -0.1) is 0 Å². The zero-order valence-corrected chi connectivity index (χ0v) is 14.5. The number of para-hydroxylation sites is 1. The van der Waals surface area contributed by atoms with Gasteiger partial charge in [-0.2, -0.15) is 0 Å². The van der Waals surface area contributed by atoms with Gasteiger partial charge in [-0.05, 0) is 37.3 Å². The minimum atomic E-state index is -0.907. The molecule has 4 aliphatic heterocycles. The van der Waals surface area contributed by atoms with Crippen LogP contribution in [0.3, 0.4) is 0 Å². The Morgan fingerprint density at radius 3 is 2.65 bits per heavy atom. The Hall–Kier alpha value is -2.18. The van der Waals surface area contributed by atoms with Gasteiger partial charge in [0.25, 0.3) is 0 Å². The maximum absolute atomic E-state index is 13.1. The average molecular weight is 352 g/mol. The Kier molecular flexibility index (Phi) is 2.51. The van der Waals surface area contributed by atoms with Gasteiger partial charge in [-0.25, -0.2) is 0 Å². The summed E-state index contributed by atoms with van der Waals surface area (Å²) < 4.78 is 5.97. The van der Waals surface area contributed by atoms with Gasteiger partial charge in [-0.1, -0.05) is 24.3 Å². The lowest BCUT2D eigenvalue weighted by atomic mass is 9.61. The predicted molar refractivity (Wildman–Crippen MR) is 92.0 cm³/mol. The summed E-state index contributed by atoms with van der Waals surface area (Å²) in [6.07, 6.45) is 5.92. The molecule has 6 nitrogen and oxygen atoms in total. The molecular weight excluding hydrogens is 332 g/mol. The highest BCUT2D eigenvalue weighted by Gasteiger charge is 2.75. The van der Waals surface area contributed by atoms with Crippen molar-refractivity contribution in [2.75, 3.05) is 12.0 Å². The van der Waals surface area contributed by atoms with Crippen LogP contribution >= 0.6 is 0 Å². The van der Waals surface area contributed by atoms with Gasteiger partial charge in [0.05, 0.1) is 17.8 Å².